The summed E-state index contributed by atoms with van der Waals surface area (Å²) in [5.74, 6) is 2.13. The van der Waals surface area contributed by atoms with Crippen LogP contribution in [0.1, 0.15) is 62.7 Å². The summed E-state index contributed by atoms with van der Waals surface area (Å²) in [5, 5.41) is 3.17. The Bertz CT molecular complexity index is 538. The van der Waals surface area contributed by atoms with Gasteiger partial charge in [0.2, 0.25) is 0 Å². The standard InChI is InChI=1S/C19H27NO3.CH4/c1-22-16-9-15(10-17(11-16)23-2)18(21)20-13-19-7-3-5-14(12-19)6-4-8-19;/h9-11,14H,3-8,12-13H2,1-2H3,(H,20,21);1H4. The molecule has 134 valence electrons. The third-order valence-electron chi connectivity index (χ3n) is 5.60. The third kappa shape index (κ3) is 4.03. The highest BCUT2D eigenvalue weighted by atomic mass is 16.5. The molecule has 1 amide bonds. The average Bonchev–Trinajstić information content (AvgIpc) is 2.59. The van der Waals surface area contributed by atoms with E-state index in [1.54, 1.807) is 32.4 Å². The lowest BCUT2D eigenvalue weighted by molar-refractivity contribution is 0.0681. The highest BCUT2D eigenvalue weighted by molar-refractivity contribution is 5.95. The number of rotatable bonds is 5. The van der Waals surface area contributed by atoms with E-state index in [9.17, 15) is 4.79 Å². The molecule has 1 aromatic carbocycles. The van der Waals surface area contributed by atoms with Crippen molar-refractivity contribution in [3.05, 3.63) is 23.8 Å². The topological polar surface area (TPSA) is 47.6 Å². The van der Waals surface area contributed by atoms with E-state index < -0.39 is 0 Å². The van der Waals surface area contributed by atoms with E-state index >= 15 is 0 Å². The lowest BCUT2D eigenvalue weighted by Crippen LogP contribution is -2.42. The first kappa shape index (κ1) is 18.6. The number of hydrogen-bond acceptors (Lipinski definition) is 3. The molecule has 2 bridgehead atoms. The minimum Gasteiger partial charge on any atom is -0.497 e. The fourth-order valence-electron chi connectivity index (χ4n) is 4.38. The SMILES string of the molecule is C.COc1cc(OC)cc(C(=O)NCC23CCCC(CCC2)C3)c1. The normalized spacial score (nSPS) is 25.3. The minimum absolute atomic E-state index is 0. The molecule has 0 atom stereocenters. The smallest absolute Gasteiger partial charge is 0.251 e. The molecule has 1 aromatic rings. The van der Waals surface area contributed by atoms with Crippen LogP contribution in [-0.2, 0) is 0 Å². The zero-order chi connectivity index (χ0) is 16.3. The van der Waals surface area contributed by atoms with Crippen LogP contribution >= 0.6 is 0 Å². The molecule has 3 rings (SSSR count). The summed E-state index contributed by atoms with van der Waals surface area (Å²) in [4.78, 5) is 12.6. The number of carbonyl (C=O) groups is 1. The second kappa shape index (κ2) is 7.91. The Morgan fingerprint density at radius 2 is 1.71 bits per heavy atom. The molecule has 2 saturated carbocycles. The Hall–Kier alpha value is -1.71. The third-order valence-corrected chi connectivity index (χ3v) is 5.60. The van der Waals surface area contributed by atoms with Gasteiger partial charge in [0.15, 0.2) is 0 Å². The summed E-state index contributed by atoms with van der Waals surface area (Å²) in [6.07, 6.45) is 9.18. The summed E-state index contributed by atoms with van der Waals surface area (Å²) in [6, 6.07) is 5.31. The van der Waals surface area contributed by atoms with Gasteiger partial charge in [-0.2, -0.15) is 0 Å². The molecular formula is C20H31NO3. The van der Waals surface area contributed by atoms with E-state index in [0.29, 0.717) is 22.5 Å². The summed E-state index contributed by atoms with van der Waals surface area (Å²) in [7, 11) is 3.19. The van der Waals surface area contributed by atoms with Crippen molar-refractivity contribution in [2.45, 2.75) is 52.4 Å². The average molecular weight is 333 g/mol. The molecule has 0 spiro atoms. The van der Waals surface area contributed by atoms with Gasteiger partial charge in [0, 0.05) is 18.2 Å². The Labute approximate surface area is 145 Å². The number of carbonyl (C=O) groups excluding carboxylic acids is 1. The Morgan fingerprint density at radius 3 is 2.25 bits per heavy atom. The molecular weight excluding hydrogens is 302 g/mol. The van der Waals surface area contributed by atoms with E-state index in [1.807, 2.05) is 0 Å². The maximum atomic E-state index is 12.6. The van der Waals surface area contributed by atoms with Gasteiger partial charge in [-0.05, 0) is 42.7 Å². The molecule has 2 fully saturated rings. The molecule has 0 saturated heterocycles. The fourth-order valence-corrected chi connectivity index (χ4v) is 4.38. The molecule has 1 N–H and O–H groups in total. The highest BCUT2D eigenvalue weighted by Crippen LogP contribution is 2.48. The number of fused-ring (bicyclic) bond motifs is 2. The number of ether oxygens (including phenoxy) is 2. The van der Waals surface area contributed by atoms with Gasteiger partial charge in [-0.1, -0.05) is 33.1 Å². The van der Waals surface area contributed by atoms with Crippen LogP contribution in [0.15, 0.2) is 18.2 Å². The van der Waals surface area contributed by atoms with Crippen LogP contribution in [0.3, 0.4) is 0 Å². The van der Waals surface area contributed by atoms with Gasteiger partial charge in [0.25, 0.3) is 5.91 Å². The monoisotopic (exact) mass is 333 g/mol. The molecule has 2 aliphatic rings. The van der Waals surface area contributed by atoms with Crippen LogP contribution in [-0.4, -0.2) is 26.7 Å². The van der Waals surface area contributed by atoms with E-state index in [2.05, 4.69) is 5.32 Å². The zero-order valence-corrected chi connectivity index (χ0v) is 14.2. The maximum Gasteiger partial charge on any atom is 0.251 e. The van der Waals surface area contributed by atoms with Crippen molar-refractivity contribution in [2.24, 2.45) is 11.3 Å². The van der Waals surface area contributed by atoms with E-state index in [4.69, 9.17) is 9.47 Å². The molecule has 2 aliphatic carbocycles. The summed E-state index contributed by atoms with van der Waals surface area (Å²) in [5.41, 5.74) is 0.931. The van der Waals surface area contributed by atoms with Crippen molar-refractivity contribution in [1.82, 2.24) is 5.32 Å². The number of hydrogen-bond donors (Lipinski definition) is 1. The first-order chi connectivity index (χ1) is 11.1. The maximum absolute atomic E-state index is 12.6. The second-order valence-electron chi connectivity index (χ2n) is 7.14. The number of benzene rings is 1. The van der Waals surface area contributed by atoms with Crippen molar-refractivity contribution in [1.29, 1.82) is 0 Å². The number of methoxy groups -OCH3 is 2. The van der Waals surface area contributed by atoms with Crippen LogP contribution in [0.25, 0.3) is 0 Å². The largest absolute Gasteiger partial charge is 0.497 e. The first-order valence-electron chi connectivity index (χ1n) is 8.65. The van der Waals surface area contributed by atoms with Crippen LogP contribution in [0.2, 0.25) is 0 Å². The van der Waals surface area contributed by atoms with Crippen LogP contribution in [0, 0.1) is 11.3 Å². The molecule has 0 heterocycles. The molecule has 4 heteroatoms. The lowest BCUT2D eigenvalue weighted by Gasteiger charge is -2.45. The van der Waals surface area contributed by atoms with Gasteiger partial charge in [-0.25, -0.2) is 0 Å². The first-order valence-corrected chi connectivity index (χ1v) is 8.65. The quantitative estimate of drug-likeness (QED) is 0.867. The predicted molar refractivity (Wildman–Crippen MR) is 96.9 cm³/mol. The van der Waals surface area contributed by atoms with Gasteiger partial charge in [0.1, 0.15) is 11.5 Å². The Balaban J connectivity index is 0.00000208. The summed E-state index contributed by atoms with van der Waals surface area (Å²) in [6.45, 7) is 0.794. The Kier molecular flexibility index (Phi) is 6.14. The molecule has 0 radical (unpaired) electrons. The lowest BCUT2D eigenvalue weighted by atomic mass is 9.62. The van der Waals surface area contributed by atoms with Crippen molar-refractivity contribution in [3.63, 3.8) is 0 Å². The van der Waals surface area contributed by atoms with Gasteiger partial charge in [0.05, 0.1) is 14.2 Å². The van der Waals surface area contributed by atoms with Crippen LogP contribution in [0.4, 0.5) is 0 Å². The molecule has 0 unspecified atom stereocenters. The second-order valence-corrected chi connectivity index (χ2v) is 7.14. The van der Waals surface area contributed by atoms with E-state index in [-0.39, 0.29) is 13.3 Å². The van der Waals surface area contributed by atoms with E-state index in [0.717, 1.165) is 12.5 Å². The van der Waals surface area contributed by atoms with Crippen LogP contribution in [0.5, 0.6) is 11.5 Å². The van der Waals surface area contributed by atoms with E-state index in [1.165, 1.54) is 44.9 Å². The van der Waals surface area contributed by atoms with Crippen molar-refractivity contribution < 1.29 is 14.3 Å². The number of amides is 1. The molecule has 24 heavy (non-hydrogen) atoms. The summed E-state index contributed by atoms with van der Waals surface area (Å²) < 4.78 is 10.5. The Morgan fingerprint density at radius 1 is 1.12 bits per heavy atom. The van der Waals surface area contributed by atoms with Gasteiger partial charge in [-0.15, -0.1) is 0 Å². The zero-order valence-electron chi connectivity index (χ0n) is 14.2. The highest BCUT2D eigenvalue weighted by Gasteiger charge is 2.39. The predicted octanol–water partition coefficient (Wildman–Crippen LogP) is 4.43. The van der Waals surface area contributed by atoms with Gasteiger partial charge < -0.3 is 14.8 Å². The number of nitrogens with one attached hydrogen (secondary N) is 1. The molecule has 4 nitrogen and oxygen atoms in total. The van der Waals surface area contributed by atoms with Gasteiger partial charge >= 0.3 is 0 Å². The fraction of sp³-hybridized carbons (Fsp3) is 0.650. The summed E-state index contributed by atoms with van der Waals surface area (Å²) >= 11 is 0. The molecule has 0 aliphatic heterocycles. The minimum atomic E-state index is -0.0377. The van der Waals surface area contributed by atoms with Crippen molar-refractivity contribution >= 4 is 5.91 Å². The van der Waals surface area contributed by atoms with Crippen LogP contribution < -0.4 is 14.8 Å². The van der Waals surface area contributed by atoms with Crippen molar-refractivity contribution in [2.75, 3.05) is 20.8 Å². The molecule has 0 aromatic heterocycles. The van der Waals surface area contributed by atoms with Crippen molar-refractivity contribution in [3.8, 4) is 11.5 Å². The van der Waals surface area contributed by atoms with Gasteiger partial charge in [-0.3, -0.25) is 4.79 Å².